The van der Waals surface area contributed by atoms with Crippen LogP contribution >= 0.6 is 15.6 Å². The van der Waals surface area contributed by atoms with Crippen molar-refractivity contribution in [3.05, 3.63) is 109 Å². The lowest BCUT2D eigenvalue weighted by Crippen LogP contribution is -2.30. The highest BCUT2D eigenvalue weighted by Crippen LogP contribution is 2.45. The number of phosphoric ester groups is 2. The largest absolute Gasteiger partial charge is 0.472 e. The second-order valence-corrected chi connectivity index (χ2v) is 28.1. The van der Waals surface area contributed by atoms with Gasteiger partial charge in [0.1, 0.15) is 19.3 Å². The predicted octanol–water partition coefficient (Wildman–Crippen LogP) is 21.8. The van der Waals surface area contributed by atoms with Crippen molar-refractivity contribution >= 4 is 39.5 Å². The molecule has 3 N–H and O–H groups in total. The normalized spacial score (nSPS) is 14.6. The first-order valence-electron chi connectivity index (χ1n) is 38.1. The number of unbranched alkanes of at least 4 members (excludes halogenated alkanes) is 27. The van der Waals surface area contributed by atoms with E-state index in [1.54, 1.807) is 0 Å². The summed E-state index contributed by atoms with van der Waals surface area (Å²) in [5.74, 6) is -2.22. The van der Waals surface area contributed by atoms with Crippen LogP contribution < -0.4 is 0 Å². The second kappa shape index (κ2) is 71.1. The molecule has 5 atom stereocenters. The zero-order valence-electron chi connectivity index (χ0n) is 61.4. The van der Waals surface area contributed by atoms with Crippen LogP contribution in [0.15, 0.2) is 109 Å². The number of hydrogen-bond donors (Lipinski definition) is 3. The molecule has 0 aromatic carbocycles. The third-order valence-electron chi connectivity index (χ3n) is 15.7. The van der Waals surface area contributed by atoms with Crippen molar-refractivity contribution in [1.82, 2.24) is 0 Å². The number of allylic oxidation sites excluding steroid dienone is 18. The Morgan fingerprint density at radius 2 is 0.541 bits per heavy atom. The number of hydrogen-bond acceptors (Lipinski definition) is 15. The van der Waals surface area contributed by atoms with E-state index < -0.39 is 97.5 Å². The molecule has 0 amide bonds. The highest BCUT2D eigenvalue weighted by atomic mass is 31.2. The molecule has 0 fully saturated rings. The van der Waals surface area contributed by atoms with Gasteiger partial charge in [0, 0.05) is 25.7 Å². The molecule has 0 radical (unpaired) electrons. The molecule has 0 spiro atoms. The van der Waals surface area contributed by atoms with E-state index in [0.29, 0.717) is 25.7 Å². The summed E-state index contributed by atoms with van der Waals surface area (Å²) in [6.45, 7) is 4.56. The molecule has 19 heteroatoms. The molecule has 0 saturated carbocycles. The fourth-order valence-corrected chi connectivity index (χ4v) is 11.5. The van der Waals surface area contributed by atoms with Crippen LogP contribution in [0, 0.1) is 0 Å². The van der Waals surface area contributed by atoms with E-state index >= 15 is 0 Å². The first-order valence-corrected chi connectivity index (χ1v) is 41.1. The summed E-state index contributed by atoms with van der Waals surface area (Å²) in [5.41, 5.74) is 0. The van der Waals surface area contributed by atoms with Crippen molar-refractivity contribution in [2.75, 3.05) is 39.6 Å². The van der Waals surface area contributed by atoms with Gasteiger partial charge in [-0.25, -0.2) is 9.13 Å². The third kappa shape index (κ3) is 70.2. The molecule has 0 aromatic heterocycles. The van der Waals surface area contributed by atoms with Crippen LogP contribution in [0.2, 0.25) is 0 Å². The van der Waals surface area contributed by atoms with Gasteiger partial charge in [0.15, 0.2) is 12.2 Å². The van der Waals surface area contributed by atoms with Crippen LogP contribution in [0.5, 0.6) is 0 Å². The van der Waals surface area contributed by atoms with Crippen molar-refractivity contribution < 1.29 is 80.2 Å². The molecule has 0 bridgehead atoms. The number of carbonyl (C=O) groups excluding carboxylic acids is 4. The van der Waals surface area contributed by atoms with Gasteiger partial charge in [-0.1, -0.05) is 272 Å². The van der Waals surface area contributed by atoms with Crippen molar-refractivity contribution in [1.29, 1.82) is 0 Å². The van der Waals surface area contributed by atoms with E-state index in [1.165, 1.54) is 51.4 Å². The number of aliphatic hydroxyl groups excluding tert-OH is 1. The zero-order chi connectivity index (χ0) is 71.8. The Hall–Kier alpha value is -4.28. The first-order chi connectivity index (χ1) is 47.7. The van der Waals surface area contributed by atoms with Crippen LogP contribution in [0.25, 0.3) is 0 Å². The van der Waals surface area contributed by atoms with Crippen molar-refractivity contribution in [2.24, 2.45) is 0 Å². The van der Waals surface area contributed by atoms with Gasteiger partial charge in [-0.2, -0.15) is 0 Å². The van der Waals surface area contributed by atoms with Gasteiger partial charge in [-0.15, -0.1) is 0 Å². The summed E-state index contributed by atoms with van der Waals surface area (Å²) in [7, 11) is -9.95. The summed E-state index contributed by atoms with van der Waals surface area (Å²) in [4.78, 5) is 72.8. The van der Waals surface area contributed by atoms with Gasteiger partial charge in [-0.05, 0) is 122 Å². The highest BCUT2D eigenvalue weighted by Gasteiger charge is 2.30. The molecular formula is C79H136O17P2. The molecule has 98 heavy (non-hydrogen) atoms. The van der Waals surface area contributed by atoms with Crippen LogP contribution in [-0.2, 0) is 65.4 Å². The second-order valence-electron chi connectivity index (χ2n) is 25.2. The predicted molar refractivity (Wildman–Crippen MR) is 399 cm³/mol. The zero-order valence-corrected chi connectivity index (χ0v) is 63.2. The fraction of sp³-hybridized carbons (Fsp3) is 0.722. The SMILES string of the molecule is CC/C=C\C/C=C\C/C=C\C/C=C\C/C=C\CCCCCC(=O)OCC(COP(=O)(O)OCC(O)COP(=O)(O)OCC(COC(=O)CCCCCCC/C=C\CCCC)OC(=O)CCCCCCCCCCCCC)OC(=O)CCCCCCCCC/C=C\C/C=C\C/C=C\CC. The number of phosphoric acid groups is 2. The van der Waals surface area contributed by atoms with E-state index in [4.69, 9.17) is 37.0 Å². The van der Waals surface area contributed by atoms with E-state index in [-0.39, 0.29) is 25.7 Å². The molecule has 5 unspecified atom stereocenters. The van der Waals surface area contributed by atoms with Gasteiger partial charge in [0.25, 0.3) is 0 Å². The quantitative estimate of drug-likeness (QED) is 0.0169. The number of carbonyl (C=O) groups is 4. The Bertz CT molecular complexity index is 2290. The van der Waals surface area contributed by atoms with Crippen molar-refractivity contribution in [2.45, 2.75) is 329 Å². The molecule has 0 rings (SSSR count). The van der Waals surface area contributed by atoms with Crippen LogP contribution in [-0.4, -0.2) is 96.7 Å². The maximum absolute atomic E-state index is 13.1. The van der Waals surface area contributed by atoms with E-state index in [1.807, 2.05) is 0 Å². The third-order valence-corrected chi connectivity index (χ3v) is 17.6. The fourth-order valence-electron chi connectivity index (χ4n) is 9.95. The summed E-state index contributed by atoms with van der Waals surface area (Å²) in [6.07, 6.45) is 75.1. The Balaban J connectivity index is 5.36. The van der Waals surface area contributed by atoms with Gasteiger partial charge >= 0.3 is 39.5 Å². The minimum Gasteiger partial charge on any atom is -0.462 e. The molecule has 0 aliphatic carbocycles. The van der Waals surface area contributed by atoms with Crippen molar-refractivity contribution in [3.63, 3.8) is 0 Å². The van der Waals surface area contributed by atoms with Gasteiger partial charge in [0.2, 0.25) is 0 Å². The molecular weight excluding hydrogens is 1280 g/mol. The maximum atomic E-state index is 13.1. The number of ether oxygens (including phenoxy) is 4. The summed E-state index contributed by atoms with van der Waals surface area (Å²) >= 11 is 0. The summed E-state index contributed by atoms with van der Waals surface area (Å²) in [6, 6.07) is 0. The average Bonchev–Trinajstić information content (AvgIpc) is 0.979. The van der Waals surface area contributed by atoms with Crippen LogP contribution in [0.4, 0.5) is 0 Å². The Labute approximate surface area is 594 Å². The maximum Gasteiger partial charge on any atom is 0.472 e. The van der Waals surface area contributed by atoms with Crippen LogP contribution in [0.3, 0.4) is 0 Å². The van der Waals surface area contributed by atoms with Gasteiger partial charge in [-0.3, -0.25) is 37.3 Å². The smallest absolute Gasteiger partial charge is 0.462 e. The minimum atomic E-state index is -4.98. The number of rotatable bonds is 71. The van der Waals surface area contributed by atoms with E-state index in [0.717, 1.165) is 180 Å². The lowest BCUT2D eigenvalue weighted by molar-refractivity contribution is -0.161. The lowest BCUT2D eigenvalue weighted by atomic mass is 10.1. The van der Waals surface area contributed by atoms with E-state index in [9.17, 15) is 43.2 Å². The van der Waals surface area contributed by atoms with Crippen molar-refractivity contribution in [3.8, 4) is 0 Å². The minimum absolute atomic E-state index is 0.0747. The van der Waals surface area contributed by atoms with Gasteiger partial charge < -0.3 is 33.8 Å². The topological polar surface area (TPSA) is 237 Å². The highest BCUT2D eigenvalue weighted by molar-refractivity contribution is 7.47. The Kier molecular flexibility index (Phi) is 68.0. The standard InChI is InChI=1S/C79H136O17P2/c1-5-9-13-17-21-25-29-31-33-35-36-38-39-41-45-48-52-56-60-64-77(82)90-70-75(96-79(84)66-62-58-54-50-46-42-40-37-34-32-30-26-22-18-14-10-6-2)72-94-98(87,88)92-68-73(80)67-91-97(85,86)93-71-74(95-78(83)65-61-57-53-49-44-28-24-20-16-12-8-4)69-89-76(81)63-59-55-51-47-43-27-23-19-15-11-7-3/h9-10,13-14,19,21-23,25-26,31-34,36,38,41,45,73-75,80H,5-8,11-12,15-18,20,24,27-30,35,37,39-40,42-44,46-72H2,1-4H3,(H,85,86)(H,87,88)/b13-9-,14-10-,23-19-,25-21-,26-22-,33-31-,34-32-,38-36-,45-41-. The molecule has 0 aliphatic heterocycles. The first kappa shape index (κ1) is 93.7. The molecule has 564 valence electrons. The molecule has 0 heterocycles. The molecule has 0 saturated heterocycles. The van der Waals surface area contributed by atoms with Crippen LogP contribution in [0.1, 0.15) is 310 Å². The molecule has 0 aromatic rings. The Morgan fingerprint density at radius 1 is 0.296 bits per heavy atom. The average molecular weight is 1420 g/mol. The summed E-state index contributed by atoms with van der Waals surface area (Å²) < 4.78 is 68.4. The Morgan fingerprint density at radius 3 is 0.867 bits per heavy atom. The monoisotopic (exact) mass is 1420 g/mol. The lowest BCUT2D eigenvalue weighted by Gasteiger charge is -2.21. The number of esters is 4. The number of aliphatic hydroxyl groups is 1. The van der Waals surface area contributed by atoms with Gasteiger partial charge in [0.05, 0.1) is 26.4 Å². The summed E-state index contributed by atoms with van der Waals surface area (Å²) in [5, 5.41) is 10.6. The van der Waals surface area contributed by atoms with E-state index in [2.05, 4.69) is 137 Å². The molecule has 0 aliphatic rings. The molecule has 17 nitrogen and oxygen atoms in total.